The van der Waals surface area contributed by atoms with Crippen LogP contribution in [-0.4, -0.2) is 19.9 Å². The van der Waals surface area contributed by atoms with Gasteiger partial charge in [0.2, 0.25) is 0 Å². The first-order chi connectivity index (χ1) is 21.7. The largest absolute Gasteiger partial charge is 0.355 e. The molecule has 208 valence electrons. The van der Waals surface area contributed by atoms with Crippen LogP contribution in [0.2, 0.25) is 0 Å². The first-order valence-corrected chi connectivity index (χ1v) is 14.8. The number of aromatic amines is 2. The molecule has 3 aromatic heterocycles. The van der Waals surface area contributed by atoms with E-state index in [9.17, 15) is 0 Å². The van der Waals surface area contributed by atoms with Gasteiger partial charge < -0.3 is 9.97 Å². The predicted octanol–water partition coefficient (Wildman–Crippen LogP) is 10.4. The van der Waals surface area contributed by atoms with Crippen LogP contribution in [-0.2, 0) is 19.5 Å². The molecule has 8 aromatic rings. The fraction of sp³-hybridized carbons (Fsp3) is 0. The summed E-state index contributed by atoms with van der Waals surface area (Å²) in [6.07, 6.45) is 8.05. The number of H-pyrrole nitrogens is 2. The van der Waals surface area contributed by atoms with E-state index in [0.717, 1.165) is 44.8 Å². The zero-order valence-corrected chi connectivity index (χ0v) is 27.4. The van der Waals surface area contributed by atoms with Gasteiger partial charge in [0.1, 0.15) is 0 Å². The number of aromatic nitrogens is 4. The van der Waals surface area contributed by atoms with Gasteiger partial charge in [-0.05, 0) is 116 Å². The molecular formula is C40H26N4Zn. The molecule has 0 spiro atoms. The molecule has 0 atom stereocenters. The average molecular weight is 628 g/mol. The Labute approximate surface area is 271 Å². The minimum Gasteiger partial charge on any atom is -0.355 e. The van der Waals surface area contributed by atoms with Crippen molar-refractivity contribution in [1.29, 1.82) is 0 Å². The maximum Gasteiger partial charge on any atom is 0.0659 e. The molecule has 45 heavy (non-hydrogen) atoms. The second kappa shape index (κ2) is 11.0. The summed E-state index contributed by atoms with van der Waals surface area (Å²) in [6.45, 7) is 0. The molecule has 5 aromatic carbocycles. The van der Waals surface area contributed by atoms with Gasteiger partial charge in [0.15, 0.2) is 0 Å². The first kappa shape index (κ1) is 27.2. The maximum atomic E-state index is 4.62. The van der Waals surface area contributed by atoms with E-state index < -0.39 is 0 Å². The number of nitrogens with one attached hydrogen (secondary N) is 2. The smallest absolute Gasteiger partial charge is 0.0659 e. The van der Waals surface area contributed by atoms with Crippen LogP contribution < -0.4 is 0 Å². The van der Waals surface area contributed by atoms with Gasteiger partial charge in [0, 0.05) is 41.5 Å². The van der Waals surface area contributed by atoms with E-state index in [-0.39, 0.29) is 19.5 Å². The SMILES string of the molecule is C1=Cc2cc3ccc(cc4ccc(cc5nc(cc1n2)C=C5)[nH]4)[nH]3.[Zn].c1cc2cccc3c4cccc5cccc(c(c1)c23)c54. The number of rotatable bonds is 0. The second-order valence-corrected chi connectivity index (χ2v) is 11.3. The molecule has 0 fully saturated rings. The molecule has 0 saturated heterocycles. The van der Waals surface area contributed by atoms with Crippen LogP contribution in [0, 0.1) is 0 Å². The molecule has 8 bridgehead atoms. The molecule has 0 radical (unpaired) electrons. The van der Waals surface area contributed by atoms with Gasteiger partial charge in [-0.15, -0.1) is 0 Å². The fourth-order valence-electron chi connectivity index (χ4n) is 6.52. The molecule has 2 aliphatic rings. The maximum absolute atomic E-state index is 4.62. The van der Waals surface area contributed by atoms with Crippen molar-refractivity contribution in [3.05, 3.63) is 144 Å². The van der Waals surface area contributed by atoms with Crippen LogP contribution in [0.1, 0.15) is 22.8 Å². The van der Waals surface area contributed by atoms with Crippen molar-refractivity contribution in [2.45, 2.75) is 0 Å². The monoisotopic (exact) mass is 626 g/mol. The Morgan fingerprint density at radius 2 is 0.689 bits per heavy atom. The Bertz CT molecular complexity index is 2360. The Morgan fingerprint density at radius 1 is 0.356 bits per heavy atom. The summed E-state index contributed by atoms with van der Waals surface area (Å²) in [6, 6.07) is 42.9. The second-order valence-electron chi connectivity index (χ2n) is 11.3. The van der Waals surface area contributed by atoms with Crippen molar-refractivity contribution < 1.29 is 19.5 Å². The third-order valence-electron chi connectivity index (χ3n) is 8.43. The zero-order valence-electron chi connectivity index (χ0n) is 24.5. The van der Waals surface area contributed by atoms with Crippen molar-refractivity contribution in [1.82, 2.24) is 19.9 Å². The molecule has 0 amide bonds. The van der Waals surface area contributed by atoms with Crippen molar-refractivity contribution in [3.8, 4) is 0 Å². The normalized spacial score (nSPS) is 12.1. The molecule has 0 aliphatic carbocycles. The van der Waals surface area contributed by atoms with E-state index in [2.05, 4.69) is 123 Å². The summed E-state index contributed by atoms with van der Waals surface area (Å²) in [5.74, 6) is 0. The van der Waals surface area contributed by atoms with Crippen LogP contribution >= 0.6 is 0 Å². The molecule has 5 heterocycles. The third-order valence-corrected chi connectivity index (χ3v) is 8.43. The molecule has 0 unspecified atom stereocenters. The fourth-order valence-corrected chi connectivity index (χ4v) is 6.52. The molecule has 0 saturated carbocycles. The summed E-state index contributed by atoms with van der Waals surface area (Å²) in [5, 5.41) is 10.9. The van der Waals surface area contributed by atoms with E-state index in [1.165, 1.54) is 43.1 Å². The van der Waals surface area contributed by atoms with Gasteiger partial charge in [-0.2, -0.15) is 0 Å². The van der Waals surface area contributed by atoms with Crippen molar-refractivity contribution >= 4 is 89.5 Å². The Balaban J connectivity index is 0.000000133. The van der Waals surface area contributed by atoms with Crippen molar-refractivity contribution in [3.63, 3.8) is 0 Å². The molecule has 2 aliphatic heterocycles. The number of fused-ring (bicyclic) bond motifs is 10. The molecule has 4 nitrogen and oxygen atoms in total. The van der Waals surface area contributed by atoms with Crippen LogP contribution in [0.3, 0.4) is 0 Å². The Kier molecular flexibility index (Phi) is 6.62. The van der Waals surface area contributed by atoms with E-state index in [1.807, 2.05) is 42.5 Å². The summed E-state index contributed by atoms with van der Waals surface area (Å²) in [4.78, 5) is 16.0. The topological polar surface area (TPSA) is 57.4 Å². The molecular weight excluding hydrogens is 602 g/mol. The van der Waals surface area contributed by atoms with E-state index >= 15 is 0 Å². The summed E-state index contributed by atoms with van der Waals surface area (Å²) in [7, 11) is 0. The number of hydrogen-bond acceptors (Lipinski definition) is 2. The van der Waals surface area contributed by atoms with Crippen LogP contribution in [0.4, 0.5) is 0 Å². The predicted molar refractivity (Wildman–Crippen MR) is 187 cm³/mol. The van der Waals surface area contributed by atoms with Crippen LogP contribution in [0.15, 0.2) is 121 Å². The molecule has 5 heteroatoms. The number of hydrogen-bond donors (Lipinski definition) is 2. The van der Waals surface area contributed by atoms with Gasteiger partial charge >= 0.3 is 0 Å². The Hall–Kier alpha value is -5.38. The van der Waals surface area contributed by atoms with Gasteiger partial charge in [-0.25, -0.2) is 9.97 Å². The molecule has 2 N–H and O–H groups in total. The van der Waals surface area contributed by atoms with Crippen LogP contribution in [0.5, 0.6) is 0 Å². The average Bonchev–Trinajstić information content (AvgIpc) is 3.87. The third kappa shape index (κ3) is 4.92. The van der Waals surface area contributed by atoms with Crippen molar-refractivity contribution in [2.24, 2.45) is 0 Å². The van der Waals surface area contributed by atoms with Crippen molar-refractivity contribution in [2.75, 3.05) is 0 Å². The summed E-state index contributed by atoms with van der Waals surface area (Å²) >= 11 is 0. The standard InChI is InChI=1S/C20H14N4.C20H12.Zn/c1-2-14-10-16-5-6-18(23-16)12-20-8-7-19(24-20)11-17-4-3-15(22-17)9-13(1)21-14;1-5-13-6-2-11-17-18-12-4-8-14-7-3-10-16(20(14)18)15(9-1)19(13)17;/h1-12,21-22H;1-12H;. The number of benzene rings is 5. The van der Waals surface area contributed by atoms with Crippen LogP contribution in [0.25, 0.3) is 89.5 Å². The molecule has 10 rings (SSSR count). The van der Waals surface area contributed by atoms with Gasteiger partial charge in [0.05, 0.1) is 22.8 Å². The number of nitrogens with zero attached hydrogens (tertiary/aromatic N) is 2. The summed E-state index contributed by atoms with van der Waals surface area (Å²) < 4.78 is 0. The van der Waals surface area contributed by atoms with Gasteiger partial charge in [0.25, 0.3) is 0 Å². The Morgan fingerprint density at radius 3 is 1.07 bits per heavy atom. The minimum atomic E-state index is 0. The van der Waals surface area contributed by atoms with E-state index in [1.54, 1.807) is 0 Å². The van der Waals surface area contributed by atoms with Gasteiger partial charge in [-0.1, -0.05) is 72.8 Å². The first-order valence-electron chi connectivity index (χ1n) is 14.8. The summed E-state index contributed by atoms with van der Waals surface area (Å²) in [5.41, 5.74) is 7.86. The quantitative estimate of drug-likeness (QED) is 0.0998. The van der Waals surface area contributed by atoms with E-state index in [4.69, 9.17) is 0 Å². The van der Waals surface area contributed by atoms with Gasteiger partial charge in [-0.3, -0.25) is 0 Å². The minimum absolute atomic E-state index is 0. The zero-order chi connectivity index (χ0) is 29.0. The van der Waals surface area contributed by atoms with E-state index in [0.29, 0.717) is 0 Å².